The van der Waals surface area contributed by atoms with Gasteiger partial charge in [-0.3, -0.25) is 4.79 Å². The third kappa shape index (κ3) is 4.21. The molecule has 0 aromatic heterocycles. The Morgan fingerprint density at radius 3 is 2.50 bits per heavy atom. The minimum Gasteiger partial charge on any atom is -0.480 e. The molecule has 2 saturated heterocycles. The van der Waals surface area contributed by atoms with E-state index in [9.17, 15) is 18.3 Å². The van der Waals surface area contributed by atoms with E-state index in [2.05, 4.69) is 0 Å². The third-order valence-corrected chi connectivity index (χ3v) is 7.96. The standard InChI is InChI=1S/C15H29BN4O7S/c17-12-7-27-8-13(12)20(11-3-4-11)28(25,26)19-6-10(2-1-5-16(23)24)15(18,9-19)14(21)22/h10-13,23-24H,1-9,17-18H2,(H,21,22)/t10-,12?,13?,15-/m0/s1. The molecule has 160 valence electrons. The van der Waals surface area contributed by atoms with Crippen molar-refractivity contribution in [1.29, 1.82) is 0 Å². The Kier molecular flexibility index (Phi) is 6.37. The fourth-order valence-corrected chi connectivity index (χ4v) is 6.28. The van der Waals surface area contributed by atoms with Gasteiger partial charge in [-0.2, -0.15) is 17.0 Å². The van der Waals surface area contributed by atoms with Crippen LogP contribution in [0, 0.1) is 5.92 Å². The van der Waals surface area contributed by atoms with Crippen LogP contribution in [0.15, 0.2) is 0 Å². The molecule has 3 aliphatic rings. The molecule has 2 unspecified atom stereocenters. The summed E-state index contributed by atoms with van der Waals surface area (Å²) in [6.07, 6.45) is 2.15. The lowest BCUT2D eigenvalue weighted by Gasteiger charge is -2.33. The maximum absolute atomic E-state index is 13.4. The quantitative estimate of drug-likeness (QED) is 0.250. The van der Waals surface area contributed by atoms with Crippen molar-refractivity contribution < 1.29 is 33.1 Å². The van der Waals surface area contributed by atoms with Crippen LogP contribution in [0.4, 0.5) is 0 Å². The van der Waals surface area contributed by atoms with Crippen molar-refractivity contribution in [3.63, 3.8) is 0 Å². The van der Waals surface area contributed by atoms with Crippen LogP contribution in [-0.2, 0) is 19.7 Å². The van der Waals surface area contributed by atoms with E-state index in [0.717, 1.165) is 17.1 Å². The summed E-state index contributed by atoms with van der Waals surface area (Å²) < 4.78 is 34.7. The van der Waals surface area contributed by atoms with Crippen molar-refractivity contribution in [2.75, 3.05) is 26.3 Å². The van der Waals surface area contributed by atoms with Crippen LogP contribution in [0.2, 0.25) is 6.32 Å². The van der Waals surface area contributed by atoms with Gasteiger partial charge in [-0.1, -0.05) is 6.42 Å². The topological polar surface area (TPSA) is 180 Å². The van der Waals surface area contributed by atoms with Crippen LogP contribution < -0.4 is 11.5 Å². The van der Waals surface area contributed by atoms with E-state index in [0.29, 0.717) is 6.42 Å². The molecule has 13 heteroatoms. The van der Waals surface area contributed by atoms with E-state index < -0.39 is 46.8 Å². The van der Waals surface area contributed by atoms with Gasteiger partial charge in [0.1, 0.15) is 5.54 Å². The van der Waals surface area contributed by atoms with E-state index in [-0.39, 0.29) is 45.1 Å². The maximum atomic E-state index is 13.4. The van der Waals surface area contributed by atoms with E-state index in [4.69, 9.17) is 26.3 Å². The Morgan fingerprint density at radius 2 is 2.00 bits per heavy atom. The number of carboxylic acids is 1. The van der Waals surface area contributed by atoms with Gasteiger partial charge >= 0.3 is 13.1 Å². The average Bonchev–Trinajstić information content (AvgIpc) is 3.24. The lowest BCUT2D eigenvalue weighted by molar-refractivity contribution is -0.144. The van der Waals surface area contributed by atoms with E-state index in [1.54, 1.807) is 0 Å². The molecule has 3 fully saturated rings. The van der Waals surface area contributed by atoms with E-state index in [1.165, 1.54) is 4.31 Å². The highest BCUT2D eigenvalue weighted by Gasteiger charge is 2.56. The number of ether oxygens (including phenoxy) is 1. The number of aliphatic carboxylic acids is 1. The molecule has 0 bridgehead atoms. The summed E-state index contributed by atoms with van der Waals surface area (Å²) >= 11 is 0. The summed E-state index contributed by atoms with van der Waals surface area (Å²) in [4.78, 5) is 11.8. The molecule has 0 radical (unpaired) electrons. The van der Waals surface area contributed by atoms with Gasteiger partial charge in [0.15, 0.2) is 0 Å². The second-order valence-electron chi connectivity index (χ2n) is 8.08. The lowest BCUT2D eigenvalue weighted by atomic mass is 9.78. The molecule has 11 nitrogen and oxygen atoms in total. The summed E-state index contributed by atoms with van der Waals surface area (Å²) in [5.41, 5.74) is 10.4. The number of nitrogens with two attached hydrogens (primary N) is 2. The summed E-state index contributed by atoms with van der Waals surface area (Å²) in [6, 6.07) is -1.05. The molecule has 1 saturated carbocycles. The predicted octanol–water partition coefficient (Wildman–Crippen LogP) is -2.61. The van der Waals surface area contributed by atoms with Gasteiger partial charge in [-0.05, 0) is 25.6 Å². The van der Waals surface area contributed by atoms with Gasteiger partial charge in [0.05, 0.1) is 19.3 Å². The van der Waals surface area contributed by atoms with Crippen LogP contribution in [0.3, 0.4) is 0 Å². The van der Waals surface area contributed by atoms with Crippen molar-refractivity contribution >= 4 is 23.3 Å². The third-order valence-electron chi connectivity index (χ3n) is 5.92. The van der Waals surface area contributed by atoms with Gasteiger partial charge in [0.25, 0.3) is 10.2 Å². The zero-order valence-electron chi connectivity index (χ0n) is 15.7. The molecular weight excluding hydrogens is 391 g/mol. The number of rotatable bonds is 9. The van der Waals surface area contributed by atoms with E-state index in [1.807, 2.05) is 0 Å². The van der Waals surface area contributed by atoms with Crippen LogP contribution in [0.5, 0.6) is 0 Å². The van der Waals surface area contributed by atoms with Crippen LogP contribution in [-0.4, -0.2) is 95.2 Å². The number of carboxylic acid groups (broad SMARTS) is 1. The Labute approximate surface area is 164 Å². The Hall–Kier alpha value is -0.795. The first-order chi connectivity index (χ1) is 13.1. The smallest absolute Gasteiger partial charge is 0.451 e. The first-order valence-corrected chi connectivity index (χ1v) is 11.0. The number of hydrogen-bond acceptors (Lipinski definition) is 8. The summed E-state index contributed by atoms with van der Waals surface area (Å²) in [5.74, 6) is -1.90. The maximum Gasteiger partial charge on any atom is 0.451 e. The summed E-state index contributed by atoms with van der Waals surface area (Å²) in [7, 11) is -5.46. The first-order valence-electron chi connectivity index (χ1n) is 9.57. The predicted molar refractivity (Wildman–Crippen MR) is 100 cm³/mol. The van der Waals surface area contributed by atoms with E-state index >= 15 is 0 Å². The highest BCUT2D eigenvalue weighted by molar-refractivity contribution is 7.86. The molecule has 0 aromatic carbocycles. The zero-order chi connectivity index (χ0) is 20.7. The molecule has 2 heterocycles. The van der Waals surface area contributed by atoms with Crippen LogP contribution >= 0.6 is 0 Å². The molecule has 4 atom stereocenters. The lowest BCUT2D eigenvalue weighted by Crippen LogP contribution is -2.57. The molecule has 1 aliphatic carbocycles. The second-order valence-corrected chi connectivity index (χ2v) is 9.92. The molecule has 7 N–H and O–H groups in total. The normalized spacial score (nSPS) is 34.2. The first kappa shape index (κ1) is 21.9. The Bertz CT molecular complexity index is 692. The molecule has 0 aromatic rings. The fourth-order valence-electron chi connectivity index (χ4n) is 4.12. The van der Waals surface area contributed by atoms with Crippen molar-refractivity contribution in [3.8, 4) is 0 Å². The Balaban J connectivity index is 1.80. The number of carbonyl (C=O) groups is 1. The number of nitrogens with zero attached hydrogens (tertiary/aromatic N) is 2. The second kappa shape index (κ2) is 8.15. The van der Waals surface area contributed by atoms with Gasteiger partial charge in [-0.25, -0.2) is 0 Å². The largest absolute Gasteiger partial charge is 0.480 e. The molecule has 0 amide bonds. The fraction of sp³-hybridized carbons (Fsp3) is 0.933. The van der Waals surface area contributed by atoms with Crippen molar-refractivity contribution in [3.05, 3.63) is 0 Å². The van der Waals surface area contributed by atoms with Crippen molar-refractivity contribution in [2.24, 2.45) is 17.4 Å². The number of hydrogen-bond donors (Lipinski definition) is 5. The molecular formula is C15H29BN4O7S. The van der Waals surface area contributed by atoms with Crippen molar-refractivity contribution in [2.45, 2.75) is 55.7 Å². The van der Waals surface area contributed by atoms with Gasteiger partial charge in [-0.15, -0.1) is 0 Å². The summed E-state index contributed by atoms with van der Waals surface area (Å²) in [5, 5.41) is 27.7. The highest BCUT2D eigenvalue weighted by Crippen LogP contribution is 2.38. The molecule has 2 aliphatic heterocycles. The minimum atomic E-state index is -3.97. The minimum absolute atomic E-state index is 0.0291. The van der Waals surface area contributed by atoms with Gasteiger partial charge in [0.2, 0.25) is 0 Å². The zero-order valence-corrected chi connectivity index (χ0v) is 16.5. The molecule has 28 heavy (non-hydrogen) atoms. The van der Waals surface area contributed by atoms with Crippen LogP contribution in [0.1, 0.15) is 25.7 Å². The highest BCUT2D eigenvalue weighted by atomic mass is 32.2. The van der Waals surface area contributed by atoms with Gasteiger partial charge in [0, 0.05) is 31.1 Å². The monoisotopic (exact) mass is 420 g/mol. The summed E-state index contributed by atoms with van der Waals surface area (Å²) in [6.45, 7) is 0.141. The average molecular weight is 420 g/mol. The molecule has 3 rings (SSSR count). The SMILES string of the molecule is NC1COCC1N(C1CC1)S(=O)(=O)N1C[C@H](CCCB(O)O)[C@](N)(C(=O)O)C1. The molecule has 0 spiro atoms. The van der Waals surface area contributed by atoms with Crippen LogP contribution in [0.25, 0.3) is 0 Å². The van der Waals surface area contributed by atoms with Gasteiger partial charge < -0.3 is 31.4 Å². The van der Waals surface area contributed by atoms with Crippen molar-refractivity contribution in [1.82, 2.24) is 8.61 Å². The Morgan fingerprint density at radius 1 is 1.32 bits per heavy atom.